The van der Waals surface area contributed by atoms with E-state index in [1.54, 1.807) is 6.07 Å². The monoisotopic (exact) mass is 205 g/mol. The normalized spacial score (nSPS) is 20.5. The molecular weight excluding hydrogens is 190 g/mol. The molecule has 1 fully saturated rings. The quantitative estimate of drug-likeness (QED) is 0.725. The Morgan fingerprint density at radius 3 is 2.93 bits per heavy atom. The summed E-state index contributed by atoms with van der Waals surface area (Å²) in [4.78, 5) is 10.8. The van der Waals surface area contributed by atoms with Crippen LogP contribution in [0, 0.1) is 6.92 Å². The van der Waals surface area contributed by atoms with E-state index < -0.39 is 0 Å². The number of carbonyl (C=O) groups excluding carboxylic acids is 1. The summed E-state index contributed by atoms with van der Waals surface area (Å²) in [6.07, 6.45) is 2.85. The molecule has 0 aliphatic carbocycles. The highest BCUT2D eigenvalue weighted by molar-refractivity contribution is 5.80. The first-order valence-corrected chi connectivity index (χ1v) is 5.24. The van der Waals surface area contributed by atoms with Gasteiger partial charge in [-0.15, -0.1) is 0 Å². The van der Waals surface area contributed by atoms with E-state index in [9.17, 15) is 9.90 Å². The maximum atomic E-state index is 10.8. The Kier molecular flexibility index (Phi) is 2.73. The maximum absolute atomic E-state index is 10.8. The van der Waals surface area contributed by atoms with E-state index in [0.717, 1.165) is 30.5 Å². The minimum atomic E-state index is 0.134. The molecule has 80 valence electrons. The van der Waals surface area contributed by atoms with Crippen molar-refractivity contribution >= 4 is 6.29 Å². The highest BCUT2D eigenvalue weighted by Crippen LogP contribution is 2.33. The molecule has 1 atom stereocenters. The minimum Gasteiger partial charge on any atom is -0.507 e. The molecule has 1 unspecified atom stereocenters. The number of nitrogens with one attached hydrogen (secondary N) is 1. The molecule has 0 bridgehead atoms. The number of carbonyl (C=O) groups is 1. The highest BCUT2D eigenvalue weighted by Gasteiger charge is 2.21. The molecule has 1 saturated heterocycles. The van der Waals surface area contributed by atoms with Gasteiger partial charge in [-0.3, -0.25) is 4.79 Å². The molecule has 0 aromatic heterocycles. The second kappa shape index (κ2) is 4.03. The van der Waals surface area contributed by atoms with Gasteiger partial charge in [-0.25, -0.2) is 0 Å². The number of aryl methyl sites for hydroxylation is 1. The van der Waals surface area contributed by atoms with Gasteiger partial charge in [0.05, 0.1) is 5.56 Å². The first-order chi connectivity index (χ1) is 7.22. The van der Waals surface area contributed by atoms with Crippen LogP contribution in [0.25, 0.3) is 0 Å². The average Bonchev–Trinajstić information content (AvgIpc) is 2.74. The molecule has 1 aromatic rings. The number of rotatable bonds is 2. The fourth-order valence-electron chi connectivity index (χ4n) is 2.14. The summed E-state index contributed by atoms with van der Waals surface area (Å²) in [5.74, 6) is 0.134. The largest absolute Gasteiger partial charge is 0.507 e. The summed E-state index contributed by atoms with van der Waals surface area (Å²) in [6, 6.07) is 3.86. The Balaban J connectivity index is 2.44. The molecule has 15 heavy (non-hydrogen) atoms. The molecular formula is C12H15NO2. The Morgan fingerprint density at radius 1 is 1.53 bits per heavy atom. The van der Waals surface area contributed by atoms with Gasteiger partial charge in [-0.2, -0.15) is 0 Å². The van der Waals surface area contributed by atoms with Crippen molar-refractivity contribution in [2.45, 2.75) is 25.8 Å². The molecule has 3 nitrogen and oxygen atoms in total. The summed E-state index contributed by atoms with van der Waals surface area (Å²) in [7, 11) is 0. The predicted molar refractivity (Wildman–Crippen MR) is 58.2 cm³/mol. The molecule has 1 aliphatic rings. The number of aldehydes is 1. The molecule has 1 aliphatic heterocycles. The van der Waals surface area contributed by atoms with Crippen molar-refractivity contribution < 1.29 is 9.90 Å². The zero-order chi connectivity index (χ0) is 10.8. The van der Waals surface area contributed by atoms with Crippen molar-refractivity contribution in [2.75, 3.05) is 6.54 Å². The topological polar surface area (TPSA) is 49.3 Å². The zero-order valence-corrected chi connectivity index (χ0v) is 8.79. The van der Waals surface area contributed by atoms with Gasteiger partial charge in [0.2, 0.25) is 0 Å². The van der Waals surface area contributed by atoms with Crippen molar-refractivity contribution in [1.82, 2.24) is 5.32 Å². The van der Waals surface area contributed by atoms with E-state index in [1.165, 1.54) is 0 Å². The van der Waals surface area contributed by atoms with Gasteiger partial charge in [0, 0.05) is 11.6 Å². The second-order valence-corrected chi connectivity index (χ2v) is 4.06. The van der Waals surface area contributed by atoms with Crippen LogP contribution in [0.15, 0.2) is 12.1 Å². The SMILES string of the molecule is Cc1cc(C=O)c(O)c(C2CCCN2)c1. The van der Waals surface area contributed by atoms with Crippen LogP contribution in [0.3, 0.4) is 0 Å². The van der Waals surface area contributed by atoms with Gasteiger partial charge < -0.3 is 10.4 Å². The molecule has 3 heteroatoms. The first-order valence-electron chi connectivity index (χ1n) is 5.24. The van der Waals surface area contributed by atoms with Crippen LogP contribution < -0.4 is 5.32 Å². The van der Waals surface area contributed by atoms with Gasteiger partial charge in [-0.05, 0) is 37.9 Å². The first kappa shape index (κ1) is 10.2. The Bertz CT molecular complexity index is 381. The summed E-state index contributed by atoms with van der Waals surface area (Å²) in [5.41, 5.74) is 2.26. The van der Waals surface area contributed by atoms with Crippen LogP contribution in [0.4, 0.5) is 0 Å². The number of aromatic hydroxyl groups is 1. The lowest BCUT2D eigenvalue weighted by Crippen LogP contribution is -2.13. The average molecular weight is 205 g/mol. The van der Waals surface area contributed by atoms with E-state index in [4.69, 9.17) is 0 Å². The number of phenolic OH excluding ortho intramolecular Hbond substituents is 1. The van der Waals surface area contributed by atoms with E-state index in [-0.39, 0.29) is 11.8 Å². The van der Waals surface area contributed by atoms with E-state index in [2.05, 4.69) is 5.32 Å². The highest BCUT2D eigenvalue weighted by atomic mass is 16.3. The fourth-order valence-corrected chi connectivity index (χ4v) is 2.14. The smallest absolute Gasteiger partial charge is 0.153 e. The van der Waals surface area contributed by atoms with Crippen molar-refractivity contribution in [2.24, 2.45) is 0 Å². The van der Waals surface area contributed by atoms with Gasteiger partial charge in [-0.1, -0.05) is 6.07 Å². The summed E-state index contributed by atoms with van der Waals surface area (Å²) in [6.45, 7) is 2.92. The molecule has 0 radical (unpaired) electrons. The molecule has 1 aromatic carbocycles. The predicted octanol–water partition coefficient (Wildman–Crippen LogP) is 1.94. The Labute approximate surface area is 89.1 Å². The molecule has 2 rings (SSSR count). The molecule has 2 N–H and O–H groups in total. The minimum absolute atomic E-state index is 0.134. The van der Waals surface area contributed by atoms with E-state index in [1.807, 2.05) is 13.0 Å². The van der Waals surface area contributed by atoms with Gasteiger partial charge in [0.25, 0.3) is 0 Å². The molecule has 0 saturated carbocycles. The summed E-state index contributed by atoms with van der Waals surface area (Å²) < 4.78 is 0. The second-order valence-electron chi connectivity index (χ2n) is 4.06. The zero-order valence-electron chi connectivity index (χ0n) is 8.79. The number of hydrogen-bond acceptors (Lipinski definition) is 3. The van der Waals surface area contributed by atoms with Crippen LogP contribution in [0.2, 0.25) is 0 Å². The lowest BCUT2D eigenvalue weighted by molar-refractivity contribution is 0.112. The third-order valence-electron chi connectivity index (χ3n) is 2.88. The van der Waals surface area contributed by atoms with Crippen molar-refractivity contribution in [3.63, 3.8) is 0 Å². The fraction of sp³-hybridized carbons (Fsp3) is 0.417. The van der Waals surface area contributed by atoms with Crippen LogP contribution in [0.5, 0.6) is 5.75 Å². The number of hydrogen-bond donors (Lipinski definition) is 2. The Morgan fingerprint density at radius 2 is 2.33 bits per heavy atom. The van der Waals surface area contributed by atoms with E-state index in [0.29, 0.717) is 11.8 Å². The Hall–Kier alpha value is -1.35. The third-order valence-corrected chi connectivity index (χ3v) is 2.88. The van der Waals surface area contributed by atoms with Crippen molar-refractivity contribution in [3.05, 3.63) is 28.8 Å². The van der Waals surface area contributed by atoms with Crippen molar-refractivity contribution in [1.29, 1.82) is 0 Å². The maximum Gasteiger partial charge on any atom is 0.153 e. The van der Waals surface area contributed by atoms with Gasteiger partial charge in [0.1, 0.15) is 5.75 Å². The third kappa shape index (κ3) is 1.88. The van der Waals surface area contributed by atoms with Crippen LogP contribution >= 0.6 is 0 Å². The van der Waals surface area contributed by atoms with E-state index >= 15 is 0 Å². The van der Waals surface area contributed by atoms with Crippen LogP contribution in [-0.2, 0) is 0 Å². The summed E-state index contributed by atoms with van der Waals surface area (Å²) >= 11 is 0. The van der Waals surface area contributed by atoms with Crippen LogP contribution in [0.1, 0.15) is 40.4 Å². The van der Waals surface area contributed by atoms with Gasteiger partial charge >= 0.3 is 0 Å². The standard InChI is InChI=1S/C12H15NO2/c1-8-5-9(7-14)12(15)10(6-8)11-3-2-4-13-11/h5-7,11,13,15H,2-4H2,1H3. The molecule has 1 heterocycles. The van der Waals surface area contributed by atoms with Gasteiger partial charge in [0.15, 0.2) is 6.29 Å². The van der Waals surface area contributed by atoms with Crippen LogP contribution in [-0.4, -0.2) is 17.9 Å². The van der Waals surface area contributed by atoms with Crippen molar-refractivity contribution in [3.8, 4) is 5.75 Å². The molecule has 0 spiro atoms. The lowest BCUT2D eigenvalue weighted by atomic mass is 9.98. The molecule has 0 amide bonds. The number of benzene rings is 1. The number of phenols is 1. The lowest BCUT2D eigenvalue weighted by Gasteiger charge is -2.14. The summed E-state index contributed by atoms with van der Waals surface area (Å²) in [5, 5.41) is 13.2.